The molecule has 0 unspecified atom stereocenters. The molecule has 0 saturated carbocycles. The third-order valence-electron chi connectivity index (χ3n) is 3.16. The van der Waals surface area contributed by atoms with Crippen LogP contribution in [0.15, 0.2) is 53.7 Å². The standard InChI is InChI=1S/C16H13N3O2/c1-11-14(17-10-12-6-3-2-4-7-12)19-9-5-8-13(16(20)21)15(19)18-11/h2-10H,1H3,(H,20,21)/b17-10+. The van der Waals surface area contributed by atoms with Crippen LogP contribution in [-0.2, 0) is 0 Å². The van der Waals surface area contributed by atoms with Crippen LogP contribution >= 0.6 is 0 Å². The summed E-state index contributed by atoms with van der Waals surface area (Å²) in [5.41, 5.74) is 2.24. The summed E-state index contributed by atoms with van der Waals surface area (Å²) in [7, 11) is 0. The van der Waals surface area contributed by atoms with Crippen molar-refractivity contribution in [1.29, 1.82) is 0 Å². The number of aryl methyl sites for hydroxylation is 1. The number of fused-ring (bicyclic) bond motifs is 1. The predicted molar refractivity (Wildman–Crippen MR) is 80.6 cm³/mol. The number of hydrogen-bond donors (Lipinski definition) is 1. The van der Waals surface area contributed by atoms with Crippen LogP contribution < -0.4 is 0 Å². The summed E-state index contributed by atoms with van der Waals surface area (Å²) in [6, 6.07) is 12.9. The van der Waals surface area contributed by atoms with E-state index < -0.39 is 5.97 Å². The van der Waals surface area contributed by atoms with E-state index in [0.717, 1.165) is 5.56 Å². The quantitative estimate of drug-likeness (QED) is 0.749. The fourth-order valence-corrected chi connectivity index (χ4v) is 2.17. The Bertz CT molecular complexity index is 835. The number of aromatic nitrogens is 2. The molecule has 2 heterocycles. The maximum absolute atomic E-state index is 11.2. The van der Waals surface area contributed by atoms with E-state index in [-0.39, 0.29) is 5.56 Å². The van der Waals surface area contributed by atoms with Gasteiger partial charge in [-0.05, 0) is 24.6 Å². The van der Waals surface area contributed by atoms with Crippen molar-refractivity contribution in [2.24, 2.45) is 4.99 Å². The first-order chi connectivity index (χ1) is 10.2. The second-order valence-corrected chi connectivity index (χ2v) is 4.61. The van der Waals surface area contributed by atoms with Crippen LogP contribution in [0.25, 0.3) is 5.65 Å². The first-order valence-corrected chi connectivity index (χ1v) is 6.47. The number of carboxylic acids is 1. The summed E-state index contributed by atoms with van der Waals surface area (Å²) in [6.45, 7) is 1.82. The SMILES string of the molecule is Cc1nc2c(C(=O)O)cccn2c1/N=C/c1ccccc1. The number of nitrogens with zero attached hydrogens (tertiary/aromatic N) is 3. The minimum Gasteiger partial charge on any atom is -0.478 e. The molecule has 0 spiro atoms. The zero-order valence-electron chi connectivity index (χ0n) is 11.4. The summed E-state index contributed by atoms with van der Waals surface area (Å²) in [5, 5.41) is 9.20. The van der Waals surface area contributed by atoms with E-state index in [1.807, 2.05) is 37.3 Å². The minimum atomic E-state index is -0.996. The van der Waals surface area contributed by atoms with E-state index in [2.05, 4.69) is 9.98 Å². The Labute approximate surface area is 121 Å². The van der Waals surface area contributed by atoms with Gasteiger partial charge in [0, 0.05) is 12.4 Å². The first kappa shape index (κ1) is 13.1. The summed E-state index contributed by atoms with van der Waals surface area (Å²) in [5.74, 6) is -0.360. The van der Waals surface area contributed by atoms with Crippen LogP contribution in [0.1, 0.15) is 21.6 Å². The monoisotopic (exact) mass is 279 g/mol. The fraction of sp³-hybridized carbons (Fsp3) is 0.0625. The van der Waals surface area contributed by atoms with E-state index in [9.17, 15) is 9.90 Å². The van der Waals surface area contributed by atoms with Gasteiger partial charge in [-0.15, -0.1) is 0 Å². The van der Waals surface area contributed by atoms with E-state index in [1.165, 1.54) is 6.07 Å². The molecule has 0 aliphatic rings. The van der Waals surface area contributed by atoms with Crippen molar-refractivity contribution in [3.63, 3.8) is 0 Å². The van der Waals surface area contributed by atoms with Crippen LogP contribution in [0.2, 0.25) is 0 Å². The number of aliphatic imine (C=N–C) groups is 1. The van der Waals surface area contributed by atoms with Crippen molar-refractivity contribution in [2.75, 3.05) is 0 Å². The molecule has 0 saturated heterocycles. The number of carbonyl (C=O) groups is 1. The van der Waals surface area contributed by atoms with E-state index in [1.54, 1.807) is 22.9 Å². The minimum absolute atomic E-state index is 0.168. The average molecular weight is 279 g/mol. The lowest BCUT2D eigenvalue weighted by molar-refractivity contribution is 0.0698. The molecule has 21 heavy (non-hydrogen) atoms. The molecule has 5 nitrogen and oxygen atoms in total. The smallest absolute Gasteiger partial charge is 0.339 e. The molecule has 0 bridgehead atoms. The third-order valence-corrected chi connectivity index (χ3v) is 3.16. The molecule has 3 rings (SSSR count). The summed E-state index contributed by atoms with van der Waals surface area (Å²) in [4.78, 5) is 20.0. The molecule has 104 valence electrons. The van der Waals surface area contributed by atoms with Crippen LogP contribution in [0.3, 0.4) is 0 Å². The highest BCUT2D eigenvalue weighted by molar-refractivity contribution is 5.95. The van der Waals surface area contributed by atoms with Crippen molar-refractivity contribution in [2.45, 2.75) is 6.92 Å². The maximum atomic E-state index is 11.2. The number of hydrogen-bond acceptors (Lipinski definition) is 3. The highest BCUT2D eigenvalue weighted by atomic mass is 16.4. The Morgan fingerprint density at radius 2 is 2.00 bits per heavy atom. The Balaban J connectivity index is 2.11. The highest BCUT2D eigenvalue weighted by Crippen LogP contribution is 2.22. The van der Waals surface area contributed by atoms with Gasteiger partial charge in [-0.3, -0.25) is 4.40 Å². The van der Waals surface area contributed by atoms with Crippen LogP contribution in [0.4, 0.5) is 5.82 Å². The topological polar surface area (TPSA) is 67.0 Å². The molecular formula is C16H13N3O2. The summed E-state index contributed by atoms with van der Waals surface area (Å²) >= 11 is 0. The van der Waals surface area contributed by atoms with E-state index >= 15 is 0 Å². The largest absolute Gasteiger partial charge is 0.478 e. The zero-order valence-corrected chi connectivity index (χ0v) is 11.4. The molecule has 3 aromatic rings. The van der Waals surface area contributed by atoms with E-state index in [0.29, 0.717) is 17.2 Å². The van der Waals surface area contributed by atoms with Gasteiger partial charge in [0.05, 0.1) is 5.69 Å². The third kappa shape index (κ3) is 2.41. The van der Waals surface area contributed by atoms with Gasteiger partial charge in [0.25, 0.3) is 0 Å². The number of benzene rings is 1. The van der Waals surface area contributed by atoms with Crippen molar-refractivity contribution >= 4 is 23.6 Å². The average Bonchev–Trinajstić information content (AvgIpc) is 2.81. The molecule has 1 N–H and O–H groups in total. The molecule has 0 aliphatic heterocycles. The van der Waals surface area contributed by atoms with E-state index in [4.69, 9.17) is 0 Å². The molecule has 0 aliphatic carbocycles. The number of pyridine rings is 1. The van der Waals surface area contributed by atoms with Crippen molar-refractivity contribution in [1.82, 2.24) is 9.38 Å². The highest BCUT2D eigenvalue weighted by Gasteiger charge is 2.14. The number of rotatable bonds is 3. The molecule has 0 radical (unpaired) electrons. The number of carboxylic acid groups (broad SMARTS) is 1. The number of aromatic carboxylic acids is 1. The van der Waals surface area contributed by atoms with Gasteiger partial charge in [-0.1, -0.05) is 30.3 Å². The molecule has 0 amide bonds. The van der Waals surface area contributed by atoms with Crippen molar-refractivity contribution < 1.29 is 9.90 Å². The van der Waals surface area contributed by atoms with Gasteiger partial charge in [0.2, 0.25) is 0 Å². The van der Waals surface area contributed by atoms with Crippen molar-refractivity contribution in [3.8, 4) is 0 Å². The molecule has 1 aromatic carbocycles. The predicted octanol–water partition coefficient (Wildman–Crippen LogP) is 3.09. The maximum Gasteiger partial charge on any atom is 0.339 e. The molecular weight excluding hydrogens is 266 g/mol. The van der Waals surface area contributed by atoms with Crippen LogP contribution in [0.5, 0.6) is 0 Å². The fourth-order valence-electron chi connectivity index (χ4n) is 2.17. The van der Waals surface area contributed by atoms with Gasteiger partial charge < -0.3 is 5.11 Å². The summed E-state index contributed by atoms with van der Waals surface area (Å²) < 4.78 is 1.69. The molecule has 0 fully saturated rings. The Hall–Kier alpha value is -2.95. The Kier molecular flexibility index (Phi) is 3.23. The lowest BCUT2D eigenvalue weighted by atomic mass is 10.2. The summed E-state index contributed by atoms with van der Waals surface area (Å²) in [6.07, 6.45) is 3.50. The first-order valence-electron chi connectivity index (χ1n) is 6.47. The molecule has 5 heteroatoms. The van der Waals surface area contributed by atoms with Crippen LogP contribution in [0, 0.1) is 6.92 Å². The normalized spacial score (nSPS) is 11.3. The zero-order chi connectivity index (χ0) is 14.8. The van der Waals surface area contributed by atoms with Gasteiger partial charge in [-0.2, -0.15) is 0 Å². The molecule has 2 aromatic heterocycles. The molecule has 0 atom stereocenters. The number of imidazole rings is 1. The Morgan fingerprint density at radius 1 is 1.24 bits per heavy atom. The van der Waals surface area contributed by atoms with Crippen molar-refractivity contribution in [3.05, 3.63) is 65.5 Å². The van der Waals surface area contributed by atoms with Gasteiger partial charge in [-0.25, -0.2) is 14.8 Å². The van der Waals surface area contributed by atoms with Gasteiger partial charge in [0.15, 0.2) is 11.5 Å². The van der Waals surface area contributed by atoms with Crippen LogP contribution in [-0.4, -0.2) is 26.7 Å². The van der Waals surface area contributed by atoms with Gasteiger partial charge in [0.1, 0.15) is 5.56 Å². The van der Waals surface area contributed by atoms with Gasteiger partial charge >= 0.3 is 5.97 Å². The lowest BCUT2D eigenvalue weighted by Gasteiger charge is -1.99. The second-order valence-electron chi connectivity index (χ2n) is 4.61. The lowest BCUT2D eigenvalue weighted by Crippen LogP contribution is -2.00. The Morgan fingerprint density at radius 3 is 2.71 bits per heavy atom. The second kappa shape index (κ2) is 5.20.